The summed E-state index contributed by atoms with van der Waals surface area (Å²) in [4.78, 5) is 8.92. The van der Waals surface area contributed by atoms with Crippen molar-refractivity contribution in [3.63, 3.8) is 0 Å². The van der Waals surface area contributed by atoms with E-state index >= 15 is 0 Å². The van der Waals surface area contributed by atoms with Crippen molar-refractivity contribution in [1.82, 2.24) is 15.1 Å². The molecule has 156 valence electrons. The highest BCUT2D eigenvalue weighted by Crippen LogP contribution is 2.35. The lowest BCUT2D eigenvalue weighted by Crippen LogP contribution is -2.43. The number of rotatable bonds is 5. The Morgan fingerprint density at radius 2 is 1.96 bits per heavy atom. The second-order valence-electron chi connectivity index (χ2n) is 6.63. The minimum absolute atomic E-state index is 0. The van der Waals surface area contributed by atoms with E-state index in [2.05, 4.69) is 32.3 Å². The van der Waals surface area contributed by atoms with Crippen molar-refractivity contribution < 1.29 is 17.9 Å². The summed E-state index contributed by atoms with van der Waals surface area (Å²) >= 11 is 0. The fraction of sp³-hybridized carbons (Fsp3) is 0.526. The largest absolute Gasteiger partial charge is 0.491 e. The molecular formula is C19H26F3IN4O. The average molecular weight is 510 g/mol. The second kappa shape index (κ2) is 10.3. The summed E-state index contributed by atoms with van der Waals surface area (Å²) in [6.45, 7) is 4.32. The van der Waals surface area contributed by atoms with Gasteiger partial charge in [-0.3, -0.25) is 9.89 Å². The molecule has 2 aliphatic rings. The monoisotopic (exact) mass is 510 g/mol. The van der Waals surface area contributed by atoms with Crippen molar-refractivity contribution in [2.45, 2.75) is 18.6 Å². The quantitative estimate of drug-likeness (QED) is 0.217. The Balaban J connectivity index is 0.00000280. The molecule has 0 spiro atoms. The van der Waals surface area contributed by atoms with Crippen LogP contribution in [0, 0.1) is 0 Å². The van der Waals surface area contributed by atoms with Crippen molar-refractivity contribution in [3.05, 3.63) is 42.0 Å². The summed E-state index contributed by atoms with van der Waals surface area (Å²) in [6, 6.07) is 5.77. The molecule has 1 unspecified atom stereocenters. The highest BCUT2D eigenvalue weighted by Gasteiger charge is 2.34. The van der Waals surface area contributed by atoms with Crippen LogP contribution in [0.4, 0.5) is 13.2 Å². The molecule has 0 aromatic heterocycles. The number of hydrogen-bond acceptors (Lipinski definition) is 3. The van der Waals surface area contributed by atoms with E-state index in [-0.39, 0.29) is 36.3 Å². The van der Waals surface area contributed by atoms with Crippen LogP contribution in [0.25, 0.3) is 0 Å². The fourth-order valence-corrected chi connectivity index (χ4v) is 3.51. The molecule has 1 atom stereocenters. The maximum absolute atomic E-state index is 13.0. The maximum atomic E-state index is 13.0. The van der Waals surface area contributed by atoms with Crippen LogP contribution in [0.2, 0.25) is 0 Å². The lowest BCUT2D eigenvalue weighted by Gasteiger charge is -2.25. The van der Waals surface area contributed by atoms with Crippen LogP contribution < -0.4 is 10.1 Å². The Labute approximate surface area is 180 Å². The zero-order valence-electron chi connectivity index (χ0n) is 15.8. The van der Waals surface area contributed by atoms with Gasteiger partial charge in [-0.25, -0.2) is 0 Å². The first-order valence-electron chi connectivity index (χ1n) is 9.12. The molecular weight excluding hydrogens is 484 g/mol. The topological polar surface area (TPSA) is 40.1 Å². The summed E-state index contributed by atoms with van der Waals surface area (Å²) in [7, 11) is 1.72. The van der Waals surface area contributed by atoms with Gasteiger partial charge in [0.1, 0.15) is 12.4 Å². The smallest absolute Gasteiger partial charge is 0.419 e. The number of guanidine groups is 1. The molecule has 5 nitrogen and oxygen atoms in total. The molecule has 1 N–H and O–H groups in total. The summed E-state index contributed by atoms with van der Waals surface area (Å²) in [5.74, 6) is 0.613. The van der Waals surface area contributed by atoms with E-state index in [0.29, 0.717) is 12.6 Å². The summed E-state index contributed by atoms with van der Waals surface area (Å²) in [6.07, 6.45) is 1.03. The molecule has 1 aromatic carbocycles. The molecule has 3 rings (SSSR count). The molecule has 1 saturated heterocycles. The van der Waals surface area contributed by atoms with Gasteiger partial charge >= 0.3 is 6.18 Å². The first-order chi connectivity index (χ1) is 13.0. The van der Waals surface area contributed by atoms with Crippen molar-refractivity contribution in [1.29, 1.82) is 0 Å². The number of alkyl halides is 3. The lowest BCUT2D eigenvalue weighted by atomic mass is 10.2. The molecule has 0 radical (unpaired) electrons. The molecule has 0 aliphatic carbocycles. The Hall–Kier alpha value is -1.49. The molecule has 2 heterocycles. The van der Waals surface area contributed by atoms with Gasteiger partial charge in [-0.2, -0.15) is 13.2 Å². The number of nitrogens with one attached hydrogen (secondary N) is 1. The third-order valence-corrected chi connectivity index (χ3v) is 4.87. The van der Waals surface area contributed by atoms with Crippen LogP contribution in [-0.4, -0.2) is 68.2 Å². The number of halogens is 4. The molecule has 0 amide bonds. The molecule has 9 heteroatoms. The number of hydrogen-bond donors (Lipinski definition) is 1. The fourth-order valence-electron chi connectivity index (χ4n) is 3.51. The van der Waals surface area contributed by atoms with Crippen LogP contribution in [0.15, 0.2) is 41.4 Å². The Morgan fingerprint density at radius 1 is 1.25 bits per heavy atom. The molecule has 28 heavy (non-hydrogen) atoms. The lowest BCUT2D eigenvalue weighted by molar-refractivity contribution is -0.138. The van der Waals surface area contributed by atoms with Gasteiger partial charge in [0.2, 0.25) is 0 Å². The Kier molecular flexibility index (Phi) is 8.41. The van der Waals surface area contributed by atoms with Gasteiger partial charge in [0.05, 0.1) is 12.1 Å². The molecule has 0 saturated carbocycles. The molecule has 2 aliphatic heterocycles. The summed E-state index contributed by atoms with van der Waals surface area (Å²) in [5, 5.41) is 3.19. The average Bonchev–Trinajstić information content (AvgIpc) is 3.33. The standard InChI is InChI=1S/C19H25F3N4O.HI/c1-23-18(26-12-8-15(14-26)25-10-4-5-11-25)24-9-13-27-17-7-3-2-6-16(17)19(20,21)22;/h2-7,15H,8-14H2,1H3,(H,23,24);1H. The van der Waals surface area contributed by atoms with Gasteiger partial charge in [-0.1, -0.05) is 24.3 Å². The second-order valence-corrected chi connectivity index (χ2v) is 6.63. The van der Waals surface area contributed by atoms with Crippen LogP contribution >= 0.6 is 24.0 Å². The van der Waals surface area contributed by atoms with Gasteiger partial charge < -0.3 is 15.0 Å². The SMILES string of the molecule is CN=C(NCCOc1ccccc1C(F)(F)F)N1CCC(N2CC=CC2)C1.I. The maximum Gasteiger partial charge on any atom is 0.419 e. The van der Waals surface area contributed by atoms with Gasteiger partial charge in [-0.15, -0.1) is 24.0 Å². The number of likely N-dealkylation sites (tertiary alicyclic amines) is 1. The van der Waals surface area contributed by atoms with Crippen LogP contribution in [0.5, 0.6) is 5.75 Å². The van der Waals surface area contributed by atoms with Crippen LogP contribution in [0.1, 0.15) is 12.0 Å². The highest BCUT2D eigenvalue weighted by molar-refractivity contribution is 14.0. The molecule has 0 bridgehead atoms. The van der Waals surface area contributed by atoms with Gasteiger partial charge in [0.15, 0.2) is 5.96 Å². The molecule has 1 aromatic rings. The molecule has 1 fully saturated rings. The zero-order chi connectivity index (χ0) is 19.3. The van der Waals surface area contributed by atoms with Crippen LogP contribution in [0.3, 0.4) is 0 Å². The summed E-state index contributed by atoms with van der Waals surface area (Å²) < 4.78 is 44.3. The van der Waals surface area contributed by atoms with Crippen molar-refractivity contribution in [2.24, 2.45) is 4.99 Å². The Morgan fingerprint density at radius 3 is 2.64 bits per heavy atom. The normalized spacial score (nSPS) is 20.4. The van der Waals surface area contributed by atoms with Gasteiger partial charge in [0, 0.05) is 39.3 Å². The third kappa shape index (κ3) is 5.76. The first kappa shape index (κ1) is 22.8. The van der Waals surface area contributed by atoms with Crippen molar-refractivity contribution >= 4 is 29.9 Å². The van der Waals surface area contributed by atoms with Gasteiger partial charge in [-0.05, 0) is 18.6 Å². The van der Waals surface area contributed by atoms with E-state index in [1.54, 1.807) is 7.05 Å². The van der Waals surface area contributed by atoms with E-state index in [4.69, 9.17) is 4.74 Å². The number of nitrogens with zero attached hydrogens (tertiary/aromatic N) is 3. The first-order valence-corrected chi connectivity index (χ1v) is 9.12. The van der Waals surface area contributed by atoms with E-state index in [0.717, 1.165) is 44.6 Å². The van der Waals surface area contributed by atoms with E-state index in [1.807, 2.05) is 0 Å². The number of para-hydroxylation sites is 1. The number of benzene rings is 1. The Bertz CT molecular complexity index is 688. The number of ether oxygens (including phenoxy) is 1. The minimum atomic E-state index is -4.42. The van der Waals surface area contributed by atoms with Crippen molar-refractivity contribution in [3.8, 4) is 5.75 Å². The minimum Gasteiger partial charge on any atom is -0.491 e. The van der Waals surface area contributed by atoms with E-state index < -0.39 is 11.7 Å². The highest BCUT2D eigenvalue weighted by atomic mass is 127. The predicted octanol–water partition coefficient (Wildman–Crippen LogP) is 3.22. The van der Waals surface area contributed by atoms with Crippen molar-refractivity contribution in [2.75, 3.05) is 46.4 Å². The number of aliphatic imine (C=N–C) groups is 1. The van der Waals surface area contributed by atoms with E-state index in [9.17, 15) is 13.2 Å². The van der Waals surface area contributed by atoms with Crippen LogP contribution in [-0.2, 0) is 6.18 Å². The predicted molar refractivity (Wildman–Crippen MR) is 114 cm³/mol. The summed E-state index contributed by atoms with van der Waals surface area (Å²) in [5.41, 5.74) is -0.754. The van der Waals surface area contributed by atoms with Gasteiger partial charge in [0.25, 0.3) is 0 Å². The van der Waals surface area contributed by atoms with E-state index in [1.165, 1.54) is 18.2 Å². The third-order valence-electron chi connectivity index (χ3n) is 4.87. The zero-order valence-corrected chi connectivity index (χ0v) is 18.1.